The predicted molar refractivity (Wildman–Crippen MR) is 119 cm³/mol. The molecule has 2 aromatic carbocycles. The van der Waals surface area contributed by atoms with Crippen molar-refractivity contribution in [1.29, 1.82) is 0 Å². The molecule has 5 rings (SSSR count). The second kappa shape index (κ2) is 8.61. The Balaban J connectivity index is 1.40. The number of carboxylic acids is 1. The summed E-state index contributed by atoms with van der Waals surface area (Å²) in [5.41, 5.74) is 2.33. The molecule has 33 heavy (non-hydrogen) atoms. The summed E-state index contributed by atoms with van der Waals surface area (Å²) in [6.45, 7) is 0. The molecule has 0 bridgehead atoms. The molecule has 0 radical (unpaired) electrons. The van der Waals surface area contributed by atoms with Crippen LogP contribution in [0.25, 0.3) is 33.3 Å². The van der Waals surface area contributed by atoms with E-state index in [1.165, 1.54) is 6.07 Å². The van der Waals surface area contributed by atoms with Crippen molar-refractivity contribution in [3.8, 4) is 28.3 Å². The second-order valence-electron chi connectivity index (χ2n) is 8.23. The number of aromatic amines is 1. The molecule has 1 aliphatic rings. The van der Waals surface area contributed by atoms with Crippen LogP contribution in [0.3, 0.4) is 0 Å². The fourth-order valence-electron chi connectivity index (χ4n) is 4.34. The van der Waals surface area contributed by atoms with E-state index in [0.717, 1.165) is 11.1 Å². The molecule has 0 aliphatic heterocycles. The molecule has 1 fully saturated rings. The number of H-pyrrole nitrogens is 1. The quantitative estimate of drug-likeness (QED) is 0.415. The number of pyridine rings is 1. The van der Waals surface area contributed by atoms with Gasteiger partial charge in [-0.05, 0) is 54.5 Å². The summed E-state index contributed by atoms with van der Waals surface area (Å²) in [5.74, 6) is -2.62. The van der Waals surface area contributed by atoms with Gasteiger partial charge in [-0.3, -0.25) is 9.78 Å². The Labute approximate surface area is 188 Å². The molecule has 4 aromatic rings. The van der Waals surface area contributed by atoms with Gasteiger partial charge in [0.1, 0.15) is 17.4 Å². The predicted octanol–water partition coefficient (Wildman–Crippen LogP) is 5.59. The number of imidazole rings is 1. The van der Waals surface area contributed by atoms with Crippen LogP contribution < -0.4 is 4.74 Å². The summed E-state index contributed by atoms with van der Waals surface area (Å²) in [5, 5.41) is 9.12. The number of halogens is 2. The van der Waals surface area contributed by atoms with Crippen LogP contribution in [0, 0.1) is 17.6 Å². The summed E-state index contributed by atoms with van der Waals surface area (Å²) in [4.78, 5) is 22.1. The van der Waals surface area contributed by atoms with Crippen molar-refractivity contribution in [2.45, 2.75) is 31.8 Å². The third-order valence-electron chi connectivity index (χ3n) is 6.14. The van der Waals surface area contributed by atoms with E-state index in [-0.39, 0.29) is 34.6 Å². The summed E-state index contributed by atoms with van der Waals surface area (Å²) >= 11 is 0. The maximum atomic E-state index is 15.3. The molecule has 2 N–H and O–H groups in total. The Bertz CT molecular complexity index is 1300. The normalized spacial score (nSPS) is 18.4. The lowest BCUT2D eigenvalue weighted by atomic mass is 9.87. The number of benzene rings is 2. The number of fused-ring (bicyclic) bond motifs is 1. The van der Waals surface area contributed by atoms with Gasteiger partial charge in [-0.15, -0.1) is 0 Å². The first kappa shape index (κ1) is 21.1. The first-order chi connectivity index (χ1) is 16.0. The maximum absolute atomic E-state index is 15.3. The van der Waals surface area contributed by atoms with Crippen molar-refractivity contribution in [1.82, 2.24) is 15.0 Å². The van der Waals surface area contributed by atoms with E-state index in [4.69, 9.17) is 9.84 Å². The van der Waals surface area contributed by atoms with Gasteiger partial charge < -0.3 is 14.8 Å². The van der Waals surface area contributed by atoms with Crippen LogP contribution >= 0.6 is 0 Å². The van der Waals surface area contributed by atoms with E-state index >= 15 is 4.39 Å². The molecule has 0 saturated heterocycles. The van der Waals surface area contributed by atoms with E-state index in [1.54, 1.807) is 36.7 Å². The van der Waals surface area contributed by atoms with Gasteiger partial charge >= 0.3 is 5.97 Å². The zero-order valence-electron chi connectivity index (χ0n) is 17.6. The lowest BCUT2D eigenvalue weighted by Crippen LogP contribution is -2.28. The van der Waals surface area contributed by atoms with Crippen molar-refractivity contribution < 1.29 is 23.4 Å². The second-order valence-corrected chi connectivity index (χ2v) is 8.23. The summed E-state index contributed by atoms with van der Waals surface area (Å²) in [6.07, 6.45) is 5.33. The van der Waals surface area contributed by atoms with Crippen LogP contribution in [0.2, 0.25) is 0 Å². The molecule has 1 aliphatic carbocycles. The van der Waals surface area contributed by atoms with Crippen molar-refractivity contribution >= 4 is 17.0 Å². The molecule has 2 aromatic heterocycles. The van der Waals surface area contributed by atoms with Gasteiger partial charge in [0.15, 0.2) is 5.82 Å². The van der Waals surface area contributed by atoms with Gasteiger partial charge in [0.2, 0.25) is 0 Å². The fraction of sp³-hybridized carbons (Fsp3) is 0.240. The van der Waals surface area contributed by atoms with Crippen molar-refractivity contribution in [3.05, 3.63) is 66.5 Å². The van der Waals surface area contributed by atoms with Gasteiger partial charge in [-0.25, -0.2) is 8.78 Å². The minimum absolute atomic E-state index is 0.00108. The van der Waals surface area contributed by atoms with Gasteiger partial charge in [0.05, 0.1) is 17.0 Å². The molecule has 0 atom stereocenters. The van der Waals surface area contributed by atoms with Crippen LogP contribution in [-0.2, 0) is 4.79 Å². The van der Waals surface area contributed by atoms with Crippen molar-refractivity contribution in [2.24, 2.45) is 5.92 Å². The molecule has 1 saturated carbocycles. The molecule has 0 amide bonds. The van der Waals surface area contributed by atoms with Gasteiger partial charge in [0.25, 0.3) is 6.01 Å². The number of carbonyl (C=O) groups is 1. The van der Waals surface area contributed by atoms with E-state index in [2.05, 4.69) is 15.0 Å². The first-order valence-corrected chi connectivity index (χ1v) is 10.8. The molecular weight excluding hydrogens is 428 g/mol. The van der Waals surface area contributed by atoms with Crippen LogP contribution in [-0.4, -0.2) is 32.1 Å². The number of nitrogens with zero attached hydrogens (tertiary/aromatic N) is 2. The minimum atomic E-state index is -0.795. The van der Waals surface area contributed by atoms with Crippen LogP contribution in [0.1, 0.15) is 25.7 Å². The zero-order valence-corrected chi connectivity index (χ0v) is 17.6. The summed E-state index contributed by atoms with van der Waals surface area (Å²) in [7, 11) is 0. The average molecular weight is 449 g/mol. The van der Waals surface area contributed by atoms with E-state index in [9.17, 15) is 9.18 Å². The highest BCUT2D eigenvalue weighted by Crippen LogP contribution is 2.34. The summed E-state index contributed by atoms with van der Waals surface area (Å²) in [6, 6.07) is 12.0. The molecule has 8 heteroatoms. The monoisotopic (exact) mass is 449 g/mol. The van der Waals surface area contributed by atoms with Gasteiger partial charge in [-0.2, -0.15) is 4.98 Å². The molecule has 2 heterocycles. The molecule has 168 valence electrons. The highest BCUT2D eigenvalue weighted by atomic mass is 19.1. The number of carboxylic acid groups (broad SMARTS) is 1. The molecule has 6 nitrogen and oxygen atoms in total. The SMILES string of the molecule is O=C(O)C1CCC(Oc2nc3c(F)c(-c4ccc(-c5ccncc5)cc4)c(F)cc3[nH]2)CC1. The Morgan fingerprint density at radius 1 is 0.970 bits per heavy atom. The molecular formula is C25H21F2N3O3. The highest BCUT2D eigenvalue weighted by molar-refractivity contribution is 5.84. The third kappa shape index (κ3) is 4.16. The largest absolute Gasteiger partial charge is 0.481 e. The minimum Gasteiger partial charge on any atom is -0.481 e. The first-order valence-electron chi connectivity index (χ1n) is 10.8. The Kier molecular flexibility index (Phi) is 5.50. The van der Waals surface area contributed by atoms with Crippen LogP contribution in [0.4, 0.5) is 8.78 Å². The zero-order chi connectivity index (χ0) is 22.9. The van der Waals surface area contributed by atoms with E-state index in [1.807, 2.05) is 12.1 Å². The number of aliphatic carboxylic acids is 1. The average Bonchev–Trinajstić information content (AvgIpc) is 3.23. The van der Waals surface area contributed by atoms with Crippen molar-refractivity contribution in [3.63, 3.8) is 0 Å². The number of aromatic nitrogens is 3. The van der Waals surface area contributed by atoms with Gasteiger partial charge in [-0.1, -0.05) is 24.3 Å². The van der Waals surface area contributed by atoms with Crippen molar-refractivity contribution in [2.75, 3.05) is 0 Å². The van der Waals surface area contributed by atoms with E-state index < -0.39 is 17.6 Å². The van der Waals surface area contributed by atoms with Crippen LogP contribution in [0.15, 0.2) is 54.9 Å². The highest BCUT2D eigenvalue weighted by Gasteiger charge is 2.28. The standard InChI is InChI=1S/C25H21F2N3O3/c26-19-13-20-23(30-25(29-20)33-18-7-5-17(6-8-18)24(31)32)22(27)21(19)16-3-1-14(2-4-16)15-9-11-28-12-10-15/h1-4,9-13,17-18H,5-8H2,(H,29,30)(H,31,32). The lowest BCUT2D eigenvalue weighted by molar-refractivity contribution is -0.143. The molecule has 0 spiro atoms. The lowest BCUT2D eigenvalue weighted by Gasteiger charge is -2.25. The van der Waals surface area contributed by atoms with E-state index in [0.29, 0.717) is 31.2 Å². The Morgan fingerprint density at radius 2 is 1.61 bits per heavy atom. The molecule has 0 unspecified atom stereocenters. The summed E-state index contributed by atoms with van der Waals surface area (Å²) < 4.78 is 36.0. The Hall–Kier alpha value is -3.81. The number of rotatable bonds is 5. The topological polar surface area (TPSA) is 88.1 Å². The fourth-order valence-corrected chi connectivity index (χ4v) is 4.34. The van der Waals surface area contributed by atoms with Gasteiger partial charge in [0, 0.05) is 18.5 Å². The third-order valence-corrected chi connectivity index (χ3v) is 6.14. The number of hydrogen-bond acceptors (Lipinski definition) is 4. The smallest absolute Gasteiger partial charge is 0.306 e. The number of hydrogen-bond donors (Lipinski definition) is 2. The Morgan fingerprint density at radius 3 is 2.27 bits per heavy atom. The van der Waals surface area contributed by atoms with Crippen LogP contribution in [0.5, 0.6) is 6.01 Å². The number of nitrogens with one attached hydrogen (secondary N) is 1. The maximum Gasteiger partial charge on any atom is 0.306 e. The number of ether oxygens (including phenoxy) is 1.